The molecule has 1 aliphatic heterocycles. The maximum absolute atomic E-state index is 13.3. The van der Waals surface area contributed by atoms with E-state index >= 15 is 0 Å². The van der Waals surface area contributed by atoms with Gasteiger partial charge in [-0.05, 0) is 126 Å². The third-order valence-electron chi connectivity index (χ3n) is 24.4. The van der Waals surface area contributed by atoms with Crippen LogP contribution >= 0.6 is 0 Å². The molecule has 27 heteroatoms. The summed E-state index contributed by atoms with van der Waals surface area (Å²) in [5.41, 5.74) is 0. The molecule has 0 radical (unpaired) electrons. The number of carbonyl (C=O) groups excluding carboxylic acids is 10. The number of esters is 10. The second-order valence-corrected chi connectivity index (χ2v) is 34.7. The molecule has 5 unspecified atom stereocenters. The zero-order valence-electron chi connectivity index (χ0n) is 81.4. The highest BCUT2D eigenvalue weighted by Gasteiger charge is 2.23. The molecule has 736 valence electrons. The molecule has 0 saturated carbocycles. The molecule has 1 aliphatic rings. The first-order valence-electron chi connectivity index (χ1n) is 50.6. The second kappa shape index (κ2) is 84.9. The number of ether oxygens (including phenoxy) is 12. The SMILES string of the molecule is CCCCC(CC)CCC(=O)OCCCCOC(=O)CCN(CCOCCN(CCC(=O)OCCCCOC(=O)CCC(CC)CCCC)CCN1CCN(CCOCCN(CCC(=O)OCCCCOC(=O)CCC(CC)CCCC)CCC(=O)OCCCCOC(=O)CCC(CC)CCCC)CC1)CCC(=O)OCCCCOC(=O)CCC(CC)CCCC. The van der Waals surface area contributed by atoms with E-state index in [1.807, 2.05) is 9.80 Å². The Bertz CT molecular complexity index is 2570. The van der Waals surface area contributed by atoms with Gasteiger partial charge in [-0.15, -0.1) is 0 Å². The minimum Gasteiger partial charge on any atom is -0.466 e. The molecule has 0 aliphatic carbocycles. The van der Waals surface area contributed by atoms with Gasteiger partial charge < -0.3 is 56.8 Å². The minimum atomic E-state index is -0.372. The van der Waals surface area contributed by atoms with Crippen molar-refractivity contribution in [3.8, 4) is 0 Å². The van der Waals surface area contributed by atoms with E-state index in [4.69, 9.17) is 56.8 Å². The van der Waals surface area contributed by atoms with Crippen molar-refractivity contribution in [1.29, 1.82) is 0 Å². The number of hydrogen-bond acceptors (Lipinski definition) is 27. The van der Waals surface area contributed by atoms with E-state index in [-0.39, 0.29) is 158 Å². The average Bonchev–Trinajstić information content (AvgIpc) is 0.901. The van der Waals surface area contributed by atoms with Gasteiger partial charge in [-0.2, -0.15) is 0 Å². The van der Waals surface area contributed by atoms with Gasteiger partial charge in [-0.3, -0.25) is 72.4 Å². The predicted molar refractivity (Wildman–Crippen MR) is 495 cm³/mol. The monoisotopic (exact) mass is 1790 g/mol. The molecule has 27 nitrogen and oxygen atoms in total. The summed E-state index contributed by atoms with van der Waals surface area (Å²) < 4.78 is 68.0. The van der Waals surface area contributed by atoms with Gasteiger partial charge in [0.05, 0.1) is 125 Å². The van der Waals surface area contributed by atoms with Crippen LogP contribution in [0.15, 0.2) is 0 Å². The zero-order valence-corrected chi connectivity index (χ0v) is 81.4. The highest BCUT2D eigenvalue weighted by Crippen LogP contribution is 2.24. The topological polar surface area (TPSA) is 298 Å². The fraction of sp³-hybridized carbons (Fsp3) is 0.899. The van der Waals surface area contributed by atoms with E-state index in [2.05, 4.69) is 83.9 Å². The Kier molecular flexibility index (Phi) is 79.8. The third-order valence-corrected chi connectivity index (χ3v) is 24.4. The Labute approximate surface area is 763 Å². The number of hydrogen-bond donors (Lipinski definition) is 0. The highest BCUT2D eigenvalue weighted by molar-refractivity contribution is 5.73. The third kappa shape index (κ3) is 72.2. The molecular formula is C99H183N5O22. The number of nitrogens with zero attached hydrogens (tertiary/aromatic N) is 5. The Morgan fingerprint density at radius 3 is 0.587 bits per heavy atom. The van der Waals surface area contributed by atoms with Gasteiger partial charge >= 0.3 is 59.7 Å². The van der Waals surface area contributed by atoms with Crippen molar-refractivity contribution < 1.29 is 105 Å². The van der Waals surface area contributed by atoms with Gasteiger partial charge in [-0.1, -0.05) is 198 Å². The molecule has 0 aromatic heterocycles. The molecule has 1 fully saturated rings. The Balaban J connectivity index is 3.02. The molecule has 1 saturated heterocycles. The summed E-state index contributed by atoms with van der Waals surface area (Å²) >= 11 is 0. The number of unbranched alkanes of at least 4 members (excludes halogenated alkanes) is 10. The summed E-state index contributed by atoms with van der Waals surface area (Å²) in [4.78, 5) is 139. The lowest BCUT2D eigenvalue weighted by Gasteiger charge is -2.35. The van der Waals surface area contributed by atoms with Crippen molar-refractivity contribution in [1.82, 2.24) is 24.5 Å². The molecule has 0 spiro atoms. The molecule has 0 aromatic carbocycles. The first-order chi connectivity index (χ1) is 61.3. The van der Waals surface area contributed by atoms with Crippen LogP contribution in [0, 0.1) is 29.6 Å². The quantitative estimate of drug-likeness (QED) is 0.0310. The van der Waals surface area contributed by atoms with Crippen molar-refractivity contribution in [3.05, 3.63) is 0 Å². The molecule has 1 rings (SSSR count). The summed E-state index contributed by atoms with van der Waals surface area (Å²) in [5.74, 6) is -0.0226. The van der Waals surface area contributed by atoms with Gasteiger partial charge in [0.15, 0.2) is 0 Å². The van der Waals surface area contributed by atoms with E-state index < -0.39 is 0 Å². The first-order valence-corrected chi connectivity index (χ1v) is 50.6. The van der Waals surface area contributed by atoms with Gasteiger partial charge in [0.25, 0.3) is 0 Å². The van der Waals surface area contributed by atoms with Crippen LogP contribution in [0.5, 0.6) is 0 Å². The van der Waals surface area contributed by atoms with Crippen LogP contribution in [0.4, 0.5) is 0 Å². The maximum Gasteiger partial charge on any atom is 0.307 e. The van der Waals surface area contributed by atoms with Crippen molar-refractivity contribution in [2.75, 3.05) is 191 Å². The summed E-state index contributed by atoms with van der Waals surface area (Å²) in [6, 6.07) is 0. The minimum absolute atomic E-state index is 0.0918. The van der Waals surface area contributed by atoms with Crippen LogP contribution in [-0.4, -0.2) is 275 Å². The van der Waals surface area contributed by atoms with Crippen LogP contribution in [0.1, 0.15) is 358 Å². The molecule has 1 heterocycles. The van der Waals surface area contributed by atoms with Gasteiger partial charge in [-0.25, -0.2) is 0 Å². The van der Waals surface area contributed by atoms with E-state index in [1.165, 1.54) is 12.8 Å². The predicted octanol–water partition coefficient (Wildman–Crippen LogP) is 17.8. The summed E-state index contributed by atoms with van der Waals surface area (Å²) in [5, 5.41) is 0. The van der Waals surface area contributed by atoms with E-state index in [0.717, 1.165) is 187 Å². The van der Waals surface area contributed by atoms with Crippen molar-refractivity contribution in [3.63, 3.8) is 0 Å². The molecule has 5 atom stereocenters. The van der Waals surface area contributed by atoms with Gasteiger partial charge in [0, 0.05) is 130 Å². The first kappa shape index (κ1) is 118. The summed E-state index contributed by atoms with van der Waals surface area (Å²) in [7, 11) is 0. The van der Waals surface area contributed by atoms with Crippen molar-refractivity contribution in [2.45, 2.75) is 358 Å². The van der Waals surface area contributed by atoms with Crippen molar-refractivity contribution >= 4 is 59.7 Å². The molecule has 0 aromatic rings. The van der Waals surface area contributed by atoms with Crippen LogP contribution < -0.4 is 0 Å². The van der Waals surface area contributed by atoms with Crippen LogP contribution in [0.25, 0.3) is 0 Å². The molecular weight excluding hydrogens is 1610 g/mol. The molecule has 0 amide bonds. The number of rotatable bonds is 90. The lowest BCUT2D eigenvalue weighted by molar-refractivity contribution is -0.147. The van der Waals surface area contributed by atoms with E-state index in [9.17, 15) is 47.9 Å². The highest BCUT2D eigenvalue weighted by atomic mass is 16.6. The van der Waals surface area contributed by atoms with Crippen LogP contribution in [0.3, 0.4) is 0 Å². The standard InChI is InChI=1S/C99H183N5O22/c1-11-21-36-85(16-6)41-46-90(105)117-71-26-31-76-122-95(110)51-56-100(57-52-96(111)123-77-32-27-72-118-91(106)47-42-86(17-7)37-22-12-2)67-81-115-83-69-102(60-55-99(114)126-80-35-30-75-121-94(109)50-45-89(20-10)40-25-15-5)61-62-103-63-65-104(66-64-103)70-84-116-82-68-101(58-53-97(112)124-78-33-28-73-119-92(107)48-43-87(18-8)38-23-13-3)59-54-98(113)125-79-34-29-74-120-93(108)49-44-88(19-9)39-24-14-4/h85-89H,11-84H2,1-10H3. The Morgan fingerprint density at radius 1 is 0.206 bits per heavy atom. The number of piperazine rings is 1. The summed E-state index contributed by atoms with van der Waals surface area (Å²) in [6.07, 6.45) is 35.0. The zero-order chi connectivity index (χ0) is 92.4. The normalized spacial score (nSPS) is 13.7. The average molecular weight is 1800 g/mol. The van der Waals surface area contributed by atoms with E-state index in [1.54, 1.807) is 0 Å². The Hall–Kier alpha value is -5.58. The van der Waals surface area contributed by atoms with E-state index in [0.29, 0.717) is 211 Å². The van der Waals surface area contributed by atoms with Gasteiger partial charge in [0.2, 0.25) is 0 Å². The largest absolute Gasteiger partial charge is 0.466 e. The van der Waals surface area contributed by atoms with Crippen LogP contribution in [0.2, 0.25) is 0 Å². The number of carbonyl (C=O) groups is 10. The van der Waals surface area contributed by atoms with Crippen LogP contribution in [-0.2, 0) is 105 Å². The molecule has 126 heavy (non-hydrogen) atoms. The lowest BCUT2D eigenvalue weighted by Crippen LogP contribution is -2.49. The fourth-order valence-electron chi connectivity index (χ4n) is 15.2. The Morgan fingerprint density at radius 2 is 0.389 bits per heavy atom. The summed E-state index contributed by atoms with van der Waals surface area (Å²) in [6.45, 7) is 34.5. The second-order valence-electron chi connectivity index (χ2n) is 34.7. The van der Waals surface area contributed by atoms with Crippen molar-refractivity contribution in [2.24, 2.45) is 29.6 Å². The fourth-order valence-corrected chi connectivity index (χ4v) is 15.2. The smallest absolute Gasteiger partial charge is 0.307 e. The maximum atomic E-state index is 13.3. The molecule has 0 N–H and O–H groups in total. The lowest BCUT2D eigenvalue weighted by atomic mass is 9.94. The molecule has 0 bridgehead atoms. The van der Waals surface area contributed by atoms with Gasteiger partial charge in [0.1, 0.15) is 0 Å².